The molecule has 1 aliphatic heterocycles. The zero-order chi connectivity index (χ0) is 24.5. The zero-order valence-electron chi connectivity index (χ0n) is 19.8. The Morgan fingerprint density at radius 3 is 2.79 bits per heavy atom. The first-order valence-electron chi connectivity index (χ1n) is 11.3. The minimum absolute atomic E-state index is 0.0864. The number of carbonyl (C=O) groups is 2. The van der Waals surface area contributed by atoms with E-state index in [1.54, 1.807) is 6.92 Å². The molecule has 1 aliphatic rings. The number of thiazole rings is 1. The molecule has 2 unspecified atom stereocenters. The van der Waals surface area contributed by atoms with Crippen LogP contribution in [0.5, 0.6) is 5.19 Å². The highest BCUT2D eigenvalue weighted by Crippen LogP contribution is 2.35. The van der Waals surface area contributed by atoms with E-state index in [9.17, 15) is 14.7 Å². The molecule has 1 saturated heterocycles. The molecule has 3 aromatic rings. The molecule has 0 bridgehead atoms. The quantitative estimate of drug-likeness (QED) is 0.487. The van der Waals surface area contributed by atoms with Gasteiger partial charge in [0.15, 0.2) is 5.82 Å². The largest absolute Gasteiger partial charge is 0.467 e. The van der Waals surface area contributed by atoms with Crippen LogP contribution in [0.15, 0.2) is 35.8 Å². The standard InChI is InChI=1S/C24H30N4O5S/c1-5-32-21(29)25-16-6-7-18-15(12-16)8-10-27(18)20-14-34-22(26-20)33-17-9-11-28(23(30)31)19(13-17)24(2,3)4/h6-8,10,12,14,17,19H,5,9,11,13H2,1-4H3,(H,25,29)(H,30,31). The van der Waals surface area contributed by atoms with Crippen molar-refractivity contribution in [2.45, 2.75) is 52.7 Å². The minimum atomic E-state index is -0.880. The lowest BCUT2D eigenvalue weighted by Crippen LogP contribution is -2.53. The molecular formula is C24H30N4O5S. The minimum Gasteiger partial charge on any atom is -0.467 e. The van der Waals surface area contributed by atoms with Crippen molar-refractivity contribution in [1.29, 1.82) is 0 Å². The summed E-state index contributed by atoms with van der Waals surface area (Å²) in [6, 6.07) is 7.47. The maximum absolute atomic E-state index is 11.7. The number of hydrogen-bond acceptors (Lipinski definition) is 6. The summed E-state index contributed by atoms with van der Waals surface area (Å²) in [6.45, 7) is 8.70. The highest BCUT2D eigenvalue weighted by atomic mass is 32.1. The molecule has 182 valence electrons. The Labute approximate surface area is 202 Å². The van der Waals surface area contributed by atoms with Crippen molar-refractivity contribution < 1.29 is 24.2 Å². The molecule has 2 N–H and O–H groups in total. The molecule has 0 aliphatic carbocycles. The van der Waals surface area contributed by atoms with Crippen molar-refractivity contribution in [3.63, 3.8) is 0 Å². The molecule has 9 nitrogen and oxygen atoms in total. The van der Waals surface area contributed by atoms with Crippen LogP contribution in [0.3, 0.4) is 0 Å². The topological polar surface area (TPSA) is 106 Å². The van der Waals surface area contributed by atoms with Gasteiger partial charge in [0.2, 0.25) is 0 Å². The second-order valence-electron chi connectivity index (χ2n) is 9.40. The van der Waals surface area contributed by atoms with Crippen LogP contribution < -0.4 is 10.1 Å². The van der Waals surface area contributed by atoms with Gasteiger partial charge in [0.1, 0.15) is 6.10 Å². The number of fused-ring (bicyclic) bond motifs is 1. The molecule has 4 rings (SSSR count). The van der Waals surface area contributed by atoms with E-state index >= 15 is 0 Å². The summed E-state index contributed by atoms with van der Waals surface area (Å²) in [4.78, 5) is 29.5. The zero-order valence-corrected chi connectivity index (χ0v) is 20.6. The lowest BCUT2D eigenvalue weighted by molar-refractivity contribution is 0.0130. The van der Waals surface area contributed by atoms with Crippen molar-refractivity contribution in [3.05, 3.63) is 35.8 Å². The van der Waals surface area contributed by atoms with Gasteiger partial charge in [-0.25, -0.2) is 9.59 Å². The van der Waals surface area contributed by atoms with Gasteiger partial charge in [-0.3, -0.25) is 5.32 Å². The van der Waals surface area contributed by atoms with Crippen LogP contribution in [0.2, 0.25) is 0 Å². The Morgan fingerprint density at radius 1 is 1.29 bits per heavy atom. The molecule has 3 heterocycles. The fraction of sp³-hybridized carbons (Fsp3) is 0.458. The van der Waals surface area contributed by atoms with Crippen LogP contribution in [0, 0.1) is 5.41 Å². The molecule has 10 heteroatoms. The van der Waals surface area contributed by atoms with Gasteiger partial charge in [0, 0.05) is 48.1 Å². The third kappa shape index (κ3) is 5.11. The number of hydrogen-bond donors (Lipinski definition) is 2. The lowest BCUT2D eigenvalue weighted by atomic mass is 9.80. The van der Waals surface area contributed by atoms with E-state index in [-0.39, 0.29) is 17.6 Å². The van der Waals surface area contributed by atoms with Gasteiger partial charge in [0.25, 0.3) is 5.19 Å². The third-order valence-corrected chi connectivity index (χ3v) is 6.71. The summed E-state index contributed by atoms with van der Waals surface area (Å²) < 4.78 is 13.1. The van der Waals surface area contributed by atoms with Crippen molar-refractivity contribution in [2.24, 2.45) is 5.41 Å². The summed E-state index contributed by atoms with van der Waals surface area (Å²) >= 11 is 1.43. The van der Waals surface area contributed by atoms with Crippen molar-refractivity contribution in [2.75, 3.05) is 18.5 Å². The van der Waals surface area contributed by atoms with E-state index in [0.29, 0.717) is 36.9 Å². The van der Waals surface area contributed by atoms with Crippen molar-refractivity contribution in [3.8, 4) is 11.0 Å². The number of aromatic nitrogens is 2. The van der Waals surface area contributed by atoms with Crippen molar-refractivity contribution >= 4 is 40.1 Å². The number of likely N-dealkylation sites (tertiary alicyclic amines) is 1. The predicted molar refractivity (Wildman–Crippen MR) is 131 cm³/mol. The number of ether oxygens (including phenoxy) is 2. The maximum Gasteiger partial charge on any atom is 0.411 e. The molecule has 2 aromatic heterocycles. The highest BCUT2D eigenvalue weighted by Gasteiger charge is 2.39. The van der Waals surface area contributed by atoms with E-state index < -0.39 is 12.2 Å². The number of piperidine rings is 1. The summed E-state index contributed by atoms with van der Waals surface area (Å²) in [5.74, 6) is 0.747. The number of amides is 2. The fourth-order valence-corrected chi connectivity index (χ4v) is 5.06. The SMILES string of the molecule is CCOC(=O)Nc1ccc2c(ccn2-c2csc(OC3CCN(C(=O)O)C(C(C)(C)C)C3)n2)c1. The molecule has 34 heavy (non-hydrogen) atoms. The number of anilines is 1. The Balaban J connectivity index is 1.47. The van der Waals surface area contributed by atoms with E-state index in [1.165, 1.54) is 16.2 Å². The van der Waals surface area contributed by atoms with E-state index in [0.717, 1.165) is 16.7 Å². The van der Waals surface area contributed by atoms with Gasteiger partial charge < -0.3 is 24.0 Å². The molecule has 2 amide bonds. The molecule has 0 saturated carbocycles. The number of nitrogens with one attached hydrogen (secondary N) is 1. The summed E-state index contributed by atoms with van der Waals surface area (Å²) in [5, 5.41) is 15.7. The second kappa shape index (κ2) is 9.54. The van der Waals surface area contributed by atoms with Crippen LogP contribution in [-0.2, 0) is 4.74 Å². The fourth-order valence-electron chi connectivity index (χ4n) is 4.35. The highest BCUT2D eigenvalue weighted by molar-refractivity contribution is 7.11. The van der Waals surface area contributed by atoms with Gasteiger partial charge in [-0.1, -0.05) is 32.1 Å². The number of carbonyl (C=O) groups excluding carboxylic acids is 1. The summed E-state index contributed by atoms with van der Waals surface area (Å²) in [6.07, 6.45) is 1.75. The summed E-state index contributed by atoms with van der Waals surface area (Å²) in [5.41, 5.74) is 1.43. The Kier molecular flexibility index (Phi) is 6.70. The average molecular weight is 487 g/mol. The maximum atomic E-state index is 11.7. The van der Waals surface area contributed by atoms with Gasteiger partial charge in [0.05, 0.1) is 12.1 Å². The molecule has 0 radical (unpaired) electrons. The molecule has 1 fully saturated rings. The third-order valence-electron chi connectivity index (χ3n) is 6.00. The predicted octanol–water partition coefficient (Wildman–Crippen LogP) is 5.59. The van der Waals surface area contributed by atoms with E-state index in [4.69, 9.17) is 9.47 Å². The van der Waals surface area contributed by atoms with Gasteiger partial charge in [-0.15, -0.1) is 0 Å². The van der Waals surface area contributed by atoms with Crippen LogP contribution in [-0.4, -0.2) is 57.0 Å². The number of nitrogens with zero attached hydrogens (tertiary/aromatic N) is 3. The first kappa shape index (κ1) is 23.9. The molecule has 2 atom stereocenters. The van der Waals surface area contributed by atoms with Gasteiger partial charge in [-0.2, -0.15) is 4.98 Å². The Hall–Kier alpha value is -3.27. The second-order valence-corrected chi connectivity index (χ2v) is 10.2. The number of benzene rings is 1. The molecule has 1 aromatic carbocycles. The van der Waals surface area contributed by atoms with E-state index in [2.05, 4.69) is 31.1 Å². The number of rotatable bonds is 5. The van der Waals surface area contributed by atoms with Crippen LogP contribution in [0.4, 0.5) is 15.3 Å². The van der Waals surface area contributed by atoms with Crippen LogP contribution in [0.25, 0.3) is 16.7 Å². The summed E-state index contributed by atoms with van der Waals surface area (Å²) in [7, 11) is 0. The smallest absolute Gasteiger partial charge is 0.411 e. The average Bonchev–Trinajstić information content (AvgIpc) is 3.39. The Morgan fingerprint density at radius 2 is 2.09 bits per heavy atom. The normalized spacial score (nSPS) is 18.6. The van der Waals surface area contributed by atoms with Crippen LogP contribution >= 0.6 is 11.3 Å². The molecule has 0 spiro atoms. The first-order valence-corrected chi connectivity index (χ1v) is 12.2. The first-order chi connectivity index (χ1) is 16.2. The lowest BCUT2D eigenvalue weighted by Gasteiger charge is -2.44. The van der Waals surface area contributed by atoms with Gasteiger partial charge in [-0.05, 0) is 36.6 Å². The van der Waals surface area contributed by atoms with Crippen LogP contribution in [0.1, 0.15) is 40.5 Å². The Bertz CT molecular complexity index is 1180. The number of carboxylic acid groups (broad SMARTS) is 1. The monoisotopic (exact) mass is 486 g/mol. The van der Waals surface area contributed by atoms with Gasteiger partial charge >= 0.3 is 12.2 Å². The van der Waals surface area contributed by atoms with Crippen molar-refractivity contribution in [1.82, 2.24) is 14.5 Å². The van der Waals surface area contributed by atoms with E-state index in [1.807, 2.05) is 40.4 Å². The molecular weight excluding hydrogens is 456 g/mol.